The molecule has 0 radical (unpaired) electrons. The van der Waals surface area contributed by atoms with Gasteiger partial charge in [-0.25, -0.2) is 0 Å². The lowest BCUT2D eigenvalue weighted by Gasteiger charge is -2.00. The van der Waals surface area contributed by atoms with Crippen molar-refractivity contribution in [2.45, 2.75) is 84.0 Å². The molecule has 28 heavy (non-hydrogen) atoms. The van der Waals surface area contributed by atoms with Gasteiger partial charge in [0.1, 0.15) is 0 Å². The van der Waals surface area contributed by atoms with Crippen molar-refractivity contribution < 1.29 is 41.7 Å². The maximum Gasteiger partial charge on any atom is 0.448 e. The number of epoxide rings is 1. The predicted molar refractivity (Wildman–Crippen MR) is 104 cm³/mol. The Bertz CT molecular complexity index is 463. The number of rotatable bonds is 14. The van der Waals surface area contributed by atoms with Gasteiger partial charge in [-0.15, -0.1) is 0 Å². The fourth-order valence-corrected chi connectivity index (χ4v) is 2.29. The smallest absolute Gasteiger partial charge is 0.448 e. The Morgan fingerprint density at radius 2 is 1.32 bits per heavy atom. The number of hydrogen-bond donors (Lipinski definition) is 3. The first-order chi connectivity index (χ1) is 13.2. The van der Waals surface area contributed by atoms with E-state index in [4.69, 9.17) is 14.8 Å². The summed E-state index contributed by atoms with van der Waals surface area (Å²) in [7, 11) is -4.81. The first-order valence-electron chi connectivity index (χ1n) is 9.83. The number of hydrogen-bond acceptors (Lipinski definition) is 7. The van der Waals surface area contributed by atoms with Gasteiger partial charge < -0.3 is 19.1 Å². The molecule has 10 heteroatoms. The van der Waals surface area contributed by atoms with Crippen molar-refractivity contribution in [3.8, 4) is 0 Å². The fraction of sp³-hybridized carbons (Fsp3) is 0.889. The molecular weight excluding hydrogens is 392 g/mol. The van der Waals surface area contributed by atoms with Gasteiger partial charge in [-0.2, -0.15) is 8.42 Å². The molecule has 0 aromatic carbocycles. The number of ether oxygens (including phenoxy) is 1. The van der Waals surface area contributed by atoms with Crippen LogP contribution in [-0.2, 0) is 28.9 Å². The van der Waals surface area contributed by atoms with Gasteiger partial charge in [0.25, 0.3) is 0 Å². The molecule has 0 amide bonds. The number of carboxylic acid groups (broad SMARTS) is 1. The molecule has 0 spiro atoms. The lowest BCUT2D eigenvalue weighted by molar-refractivity contribution is -0.142. The molecule has 0 atom stereocenters. The van der Waals surface area contributed by atoms with Crippen LogP contribution in [0.15, 0.2) is 0 Å². The van der Waals surface area contributed by atoms with Gasteiger partial charge in [-0.05, 0) is 6.42 Å². The van der Waals surface area contributed by atoms with Crippen molar-refractivity contribution in [2.75, 3.05) is 19.8 Å². The zero-order chi connectivity index (χ0) is 21.7. The van der Waals surface area contributed by atoms with Crippen LogP contribution in [0.25, 0.3) is 0 Å². The van der Waals surface area contributed by atoms with Crippen LogP contribution in [0.1, 0.15) is 84.0 Å². The quantitative estimate of drug-likeness (QED) is 0.215. The highest BCUT2D eigenvalue weighted by atomic mass is 32.3. The van der Waals surface area contributed by atoms with Gasteiger partial charge in [0.15, 0.2) is 0 Å². The van der Waals surface area contributed by atoms with Gasteiger partial charge >= 0.3 is 22.3 Å². The van der Waals surface area contributed by atoms with Crippen molar-refractivity contribution in [2.24, 2.45) is 0 Å². The van der Waals surface area contributed by atoms with Crippen LogP contribution in [0.4, 0.5) is 0 Å². The Hall–Kier alpha value is -1.23. The largest absolute Gasteiger partial charge is 0.481 e. The van der Waals surface area contributed by atoms with E-state index < -0.39 is 35.2 Å². The number of aliphatic hydroxyl groups is 1. The Balaban J connectivity index is 0. The van der Waals surface area contributed by atoms with Crippen LogP contribution in [0.5, 0.6) is 0 Å². The summed E-state index contributed by atoms with van der Waals surface area (Å²) in [6.07, 6.45) is 12.2. The van der Waals surface area contributed by atoms with Crippen LogP contribution in [-0.4, -0.2) is 54.9 Å². The van der Waals surface area contributed by atoms with E-state index in [0.29, 0.717) is 6.61 Å². The molecular formula is C18H36O9S. The first kappa shape index (κ1) is 29.0. The molecule has 1 saturated heterocycles. The van der Waals surface area contributed by atoms with Crippen LogP contribution in [0, 0.1) is 0 Å². The summed E-state index contributed by atoms with van der Waals surface area (Å²) < 4.78 is 35.6. The summed E-state index contributed by atoms with van der Waals surface area (Å²) >= 11 is 0. The molecule has 1 fully saturated rings. The minimum atomic E-state index is -4.81. The van der Waals surface area contributed by atoms with Gasteiger partial charge in [-0.1, -0.05) is 64.7 Å². The van der Waals surface area contributed by atoms with E-state index >= 15 is 0 Å². The zero-order valence-corrected chi connectivity index (χ0v) is 17.6. The molecule has 168 valence electrons. The standard InChI is InChI=1S/C12H26O.C4H6O7S.C2H4O/c1-2-3-4-5-6-7-8-9-10-11-12-13;5-3(6)1-2-4(7)11-12(8,9)10;1-2-3-1/h13H,2-12H2,1H3;1-2H2,(H,5,6)(H,8,9,10);1-2H2. The molecule has 0 unspecified atom stereocenters. The predicted octanol–water partition coefficient (Wildman–Crippen LogP) is 3.11. The molecule has 3 N–H and O–H groups in total. The van der Waals surface area contributed by atoms with Crippen molar-refractivity contribution >= 4 is 22.3 Å². The highest BCUT2D eigenvalue weighted by Gasteiger charge is 2.13. The number of unbranched alkanes of at least 4 members (excludes halogenated alkanes) is 9. The van der Waals surface area contributed by atoms with E-state index in [0.717, 1.165) is 19.6 Å². The lowest BCUT2D eigenvalue weighted by Crippen LogP contribution is -2.12. The summed E-state index contributed by atoms with van der Waals surface area (Å²) in [5.41, 5.74) is 0. The van der Waals surface area contributed by atoms with Gasteiger partial charge in [-0.3, -0.25) is 14.1 Å². The summed E-state index contributed by atoms with van der Waals surface area (Å²) in [6, 6.07) is 0. The average Bonchev–Trinajstić information content (AvgIpc) is 3.47. The molecule has 0 aliphatic carbocycles. The second kappa shape index (κ2) is 20.5. The third-order valence-corrected chi connectivity index (χ3v) is 3.85. The van der Waals surface area contributed by atoms with Crippen molar-refractivity contribution in [1.29, 1.82) is 0 Å². The molecule has 0 saturated carbocycles. The molecule has 0 bridgehead atoms. The van der Waals surface area contributed by atoms with Crippen molar-refractivity contribution in [3.63, 3.8) is 0 Å². The van der Waals surface area contributed by atoms with Gasteiger partial charge in [0.2, 0.25) is 0 Å². The Morgan fingerprint density at radius 3 is 1.64 bits per heavy atom. The average molecular weight is 429 g/mol. The normalized spacial score (nSPS) is 12.1. The zero-order valence-electron chi connectivity index (χ0n) is 16.8. The first-order valence-corrected chi connectivity index (χ1v) is 11.2. The van der Waals surface area contributed by atoms with Crippen LogP contribution in [0.2, 0.25) is 0 Å². The molecule has 1 aliphatic rings. The van der Waals surface area contributed by atoms with Crippen LogP contribution >= 0.6 is 0 Å². The summed E-state index contributed by atoms with van der Waals surface area (Å²) in [5, 5.41) is 16.6. The van der Waals surface area contributed by atoms with E-state index in [-0.39, 0.29) is 0 Å². The number of carbonyl (C=O) groups is 2. The van der Waals surface area contributed by atoms with Crippen LogP contribution in [0.3, 0.4) is 0 Å². The molecule has 9 nitrogen and oxygen atoms in total. The highest BCUT2D eigenvalue weighted by molar-refractivity contribution is 7.81. The Labute approximate surface area is 168 Å². The van der Waals surface area contributed by atoms with E-state index in [9.17, 15) is 18.0 Å². The maximum absolute atomic E-state index is 10.3. The number of carboxylic acids is 1. The maximum atomic E-state index is 10.3. The monoisotopic (exact) mass is 428 g/mol. The Kier molecular flexibility index (Phi) is 21.2. The van der Waals surface area contributed by atoms with Gasteiger partial charge in [0, 0.05) is 6.61 Å². The van der Waals surface area contributed by atoms with Gasteiger partial charge in [0.05, 0.1) is 26.1 Å². The SMILES string of the molecule is C1CO1.CCCCCCCCCCCCO.O=C(O)CCC(=O)OS(=O)(=O)O. The van der Waals surface area contributed by atoms with Crippen LogP contribution < -0.4 is 0 Å². The van der Waals surface area contributed by atoms with E-state index in [1.54, 1.807) is 0 Å². The topological polar surface area (TPSA) is 151 Å². The van der Waals surface area contributed by atoms with E-state index in [2.05, 4.69) is 15.8 Å². The number of aliphatic hydroxyl groups excluding tert-OH is 1. The van der Waals surface area contributed by atoms with Crippen molar-refractivity contribution in [1.82, 2.24) is 0 Å². The Morgan fingerprint density at radius 1 is 0.893 bits per heavy atom. The van der Waals surface area contributed by atoms with Crippen molar-refractivity contribution in [3.05, 3.63) is 0 Å². The second-order valence-corrected chi connectivity index (χ2v) is 7.32. The minimum Gasteiger partial charge on any atom is -0.481 e. The number of aliphatic carboxylic acids is 1. The lowest BCUT2D eigenvalue weighted by atomic mass is 10.1. The second-order valence-electron chi connectivity index (χ2n) is 6.29. The molecule has 0 aromatic rings. The fourth-order valence-electron chi connectivity index (χ4n) is 1.97. The highest BCUT2D eigenvalue weighted by Crippen LogP contribution is 2.10. The third-order valence-electron chi connectivity index (χ3n) is 3.46. The number of carbonyl (C=O) groups excluding carboxylic acids is 1. The molecule has 1 aliphatic heterocycles. The summed E-state index contributed by atoms with van der Waals surface area (Å²) in [5.74, 6) is -2.57. The van der Waals surface area contributed by atoms with E-state index in [1.165, 1.54) is 57.8 Å². The summed E-state index contributed by atoms with van der Waals surface area (Å²) in [4.78, 5) is 20.2. The van der Waals surface area contributed by atoms with E-state index in [1.807, 2.05) is 0 Å². The summed E-state index contributed by atoms with van der Waals surface area (Å²) in [6.45, 7) is 4.63. The molecule has 1 heterocycles. The minimum absolute atomic E-state index is 0.372. The third kappa shape index (κ3) is 35.8. The molecule has 1 rings (SSSR count). The molecule has 0 aromatic heterocycles.